The lowest BCUT2D eigenvalue weighted by Gasteiger charge is -2.30. The van der Waals surface area contributed by atoms with Crippen molar-refractivity contribution in [2.24, 2.45) is 0 Å². The number of rotatable bonds is 12. The van der Waals surface area contributed by atoms with Gasteiger partial charge in [-0.15, -0.1) is 0 Å². The van der Waals surface area contributed by atoms with Crippen LogP contribution < -0.4 is 9.80 Å². The number of nitrogens with zero attached hydrogens (tertiary/aromatic N) is 2. The van der Waals surface area contributed by atoms with E-state index in [0.717, 1.165) is 32.0 Å². The molecule has 0 fully saturated rings. The molecule has 0 atom stereocenters. The molecule has 166 valence electrons. The van der Waals surface area contributed by atoms with Gasteiger partial charge in [-0.1, -0.05) is 27.7 Å². The van der Waals surface area contributed by atoms with Gasteiger partial charge in [-0.05, 0) is 43.9 Å². The Bertz CT molecular complexity index is 649. The van der Waals surface area contributed by atoms with Crippen molar-refractivity contribution >= 4 is 17.2 Å². The highest BCUT2D eigenvalue weighted by Crippen LogP contribution is 2.40. The number of anilines is 2. The van der Waals surface area contributed by atoms with Gasteiger partial charge in [0.25, 0.3) is 0 Å². The van der Waals surface area contributed by atoms with Crippen LogP contribution >= 0.6 is 0 Å². The molecule has 0 spiro atoms. The van der Waals surface area contributed by atoms with Gasteiger partial charge < -0.3 is 9.80 Å². The number of alkyl halides is 5. The molecule has 0 N–H and O–H groups in total. The first kappa shape index (κ1) is 25.2. The van der Waals surface area contributed by atoms with E-state index >= 15 is 0 Å². The standard InChI is InChI=1S/C21H31F5N2O/c1-5-11-27(12-6-2)16-9-10-17(19(29)20(22,23)21(24,25)26)18(15-16)28(13-7-3)14-8-4/h9-10,15H,5-8,11-14H2,1-4H3. The Labute approximate surface area is 169 Å². The second-order valence-corrected chi connectivity index (χ2v) is 7.08. The predicted molar refractivity (Wildman–Crippen MR) is 107 cm³/mol. The van der Waals surface area contributed by atoms with E-state index in [0.29, 0.717) is 31.6 Å². The minimum atomic E-state index is -5.93. The normalized spacial score (nSPS) is 12.2. The lowest BCUT2D eigenvalue weighted by molar-refractivity contribution is -0.255. The minimum Gasteiger partial charge on any atom is -0.371 e. The molecule has 0 saturated carbocycles. The quantitative estimate of drug-likeness (QED) is 0.291. The number of Topliss-reactive ketones (excluding diaryl/α,β-unsaturated/α-hetero) is 1. The van der Waals surface area contributed by atoms with Crippen LogP contribution in [-0.2, 0) is 0 Å². The van der Waals surface area contributed by atoms with E-state index < -0.39 is 23.4 Å². The Morgan fingerprint density at radius 1 is 0.793 bits per heavy atom. The van der Waals surface area contributed by atoms with Gasteiger partial charge >= 0.3 is 12.1 Å². The van der Waals surface area contributed by atoms with Gasteiger partial charge in [0.1, 0.15) is 0 Å². The SMILES string of the molecule is CCCN(CCC)c1ccc(C(=O)C(F)(F)C(F)(F)F)c(N(CCC)CCC)c1. The third-order valence-corrected chi connectivity index (χ3v) is 4.55. The van der Waals surface area contributed by atoms with Crippen molar-refractivity contribution in [3.8, 4) is 0 Å². The smallest absolute Gasteiger partial charge is 0.371 e. The minimum absolute atomic E-state index is 0.136. The molecule has 1 aromatic rings. The lowest BCUT2D eigenvalue weighted by atomic mass is 10.0. The Morgan fingerprint density at radius 2 is 1.24 bits per heavy atom. The van der Waals surface area contributed by atoms with Crippen molar-refractivity contribution in [3.05, 3.63) is 23.8 Å². The van der Waals surface area contributed by atoms with E-state index in [1.807, 2.05) is 27.7 Å². The maximum absolute atomic E-state index is 13.8. The number of hydrogen-bond acceptors (Lipinski definition) is 3. The summed E-state index contributed by atoms with van der Waals surface area (Å²) < 4.78 is 66.1. The molecule has 0 aliphatic rings. The van der Waals surface area contributed by atoms with Crippen LogP contribution in [0.1, 0.15) is 63.7 Å². The van der Waals surface area contributed by atoms with Crippen molar-refractivity contribution in [1.29, 1.82) is 0 Å². The molecule has 0 amide bonds. The number of carbonyl (C=O) groups is 1. The maximum atomic E-state index is 13.8. The first-order valence-corrected chi connectivity index (χ1v) is 10.2. The number of hydrogen-bond donors (Lipinski definition) is 0. The largest absolute Gasteiger partial charge is 0.461 e. The Morgan fingerprint density at radius 3 is 1.66 bits per heavy atom. The summed E-state index contributed by atoms with van der Waals surface area (Å²) in [5, 5.41) is 0. The Balaban J connectivity index is 3.57. The van der Waals surface area contributed by atoms with E-state index in [2.05, 4.69) is 4.90 Å². The van der Waals surface area contributed by atoms with E-state index in [1.54, 1.807) is 11.0 Å². The van der Waals surface area contributed by atoms with Crippen LogP contribution in [0.25, 0.3) is 0 Å². The van der Waals surface area contributed by atoms with E-state index in [1.165, 1.54) is 6.07 Å². The zero-order valence-corrected chi connectivity index (χ0v) is 17.6. The van der Waals surface area contributed by atoms with Crippen LogP contribution in [0.4, 0.5) is 33.3 Å². The summed E-state index contributed by atoms with van der Waals surface area (Å²) in [5.41, 5.74) is 0.260. The zero-order chi connectivity index (χ0) is 22.2. The van der Waals surface area contributed by atoms with E-state index in [9.17, 15) is 26.7 Å². The highest BCUT2D eigenvalue weighted by atomic mass is 19.4. The molecule has 29 heavy (non-hydrogen) atoms. The van der Waals surface area contributed by atoms with Gasteiger partial charge in [-0.25, -0.2) is 0 Å². The summed E-state index contributed by atoms with van der Waals surface area (Å²) in [6, 6.07) is 4.16. The average molecular weight is 422 g/mol. The number of halogens is 5. The van der Waals surface area contributed by atoms with Crippen LogP contribution in [0.3, 0.4) is 0 Å². The summed E-state index contributed by atoms with van der Waals surface area (Å²) in [5.74, 6) is -7.64. The lowest BCUT2D eigenvalue weighted by Crippen LogP contribution is -2.44. The van der Waals surface area contributed by atoms with Crippen LogP contribution in [-0.4, -0.2) is 44.1 Å². The molecule has 1 rings (SSSR count). The molecule has 0 unspecified atom stereocenters. The molecule has 1 aromatic carbocycles. The highest BCUT2D eigenvalue weighted by molar-refractivity contribution is 6.06. The number of benzene rings is 1. The van der Waals surface area contributed by atoms with Crippen molar-refractivity contribution < 1.29 is 26.7 Å². The molecule has 0 bridgehead atoms. The maximum Gasteiger partial charge on any atom is 0.461 e. The van der Waals surface area contributed by atoms with Crippen LogP contribution in [0, 0.1) is 0 Å². The third-order valence-electron chi connectivity index (χ3n) is 4.55. The summed E-state index contributed by atoms with van der Waals surface area (Å²) in [6.45, 7) is 10.1. The fraction of sp³-hybridized carbons (Fsp3) is 0.667. The molecular formula is C21H31F5N2O. The molecule has 0 aliphatic heterocycles. The van der Waals surface area contributed by atoms with Crippen molar-refractivity contribution in [1.82, 2.24) is 0 Å². The summed E-state index contributed by atoms with van der Waals surface area (Å²) in [7, 11) is 0. The first-order chi connectivity index (χ1) is 13.5. The predicted octanol–water partition coefficient (Wildman–Crippen LogP) is 6.32. The topological polar surface area (TPSA) is 23.6 Å². The summed E-state index contributed by atoms with van der Waals surface area (Å²) in [6.07, 6.45) is -2.88. The molecule has 0 heterocycles. The molecule has 0 aromatic heterocycles. The van der Waals surface area contributed by atoms with Gasteiger partial charge in [0.05, 0.1) is 0 Å². The molecular weight excluding hydrogens is 391 g/mol. The summed E-state index contributed by atoms with van der Waals surface area (Å²) >= 11 is 0. The van der Waals surface area contributed by atoms with Crippen molar-refractivity contribution in [3.63, 3.8) is 0 Å². The second-order valence-electron chi connectivity index (χ2n) is 7.08. The zero-order valence-electron chi connectivity index (χ0n) is 17.6. The Hall–Kier alpha value is -1.86. The summed E-state index contributed by atoms with van der Waals surface area (Å²) in [4.78, 5) is 16.0. The van der Waals surface area contributed by atoms with Gasteiger partial charge in [0.2, 0.25) is 5.78 Å². The third kappa shape index (κ3) is 6.06. The van der Waals surface area contributed by atoms with E-state index in [4.69, 9.17) is 0 Å². The van der Waals surface area contributed by atoms with Gasteiger partial charge in [0, 0.05) is 43.1 Å². The van der Waals surface area contributed by atoms with Crippen molar-refractivity contribution in [2.75, 3.05) is 36.0 Å². The van der Waals surface area contributed by atoms with Crippen LogP contribution in [0.15, 0.2) is 18.2 Å². The fourth-order valence-corrected chi connectivity index (χ4v) is 3.27. The van der Waals surface area contributed by atoms with Crippen LogP contribution in [0.2, 0.25) is 0 Å². The highest BCUT2D eigenvalue weighted by Gasteiger charge is 2.63. The second kappa shape index (κ2) is 10.8. The molecule has 0 saturated heterocycles. The monoisotopic (exact) mass is 422 g/mol. The molecule has 0 radical (unpaired) electrons. The molecule has 0 aliphatic carbocycles. The first-order valence-electron chi connectivity index (χ1n) is 10.2. The fourth-order valence-electron chi connectivity index (χ4n) is 3.27. The number of ketones is 1. The molecule has 8 heteroatoms. The number of carbonyl (C=O) groups excluding carboxylic acids is 1. The molecule has 3 nitrogen and oxygen atoms in total. The van der Waals surface area contributed by atoms with E-state index in [-0.39, 0.29) is 5.69 Å². The van der Waals surface area contributed by atoms with Gasteiger partial charge in [-0.3, -0.25) is 4.79 Å². The van der Waals surface area contributed by atoms with Crippen LogP contribution in [0.5, 0.6) is 0 Å². The Kier molecular flexibility index (Phi) is 9.36. The van der Waals surface area contributed by atoms with Gasteiger partial charge in [0.15, 0.2) is 0 Å². The van der Waals surface area contributed by atoms with Gasteiger partial charge in [-0.2, -0.15) is 22.0 Å². The average Bonchev–Trinajstić information content (AvgIpc) is 2.65. The van der Waals surface area contributed by atoms with Crippen molar-refractivity contribution in [2.45, 2.75) is 65.5 Å².